The lowest BCUT2D eigenvalue weighted by atomic mass is 10.2. The Labute approximate surface area is 135 Å². The highest BCUT2D eigenvalue weighted by Gasteiger charge is 2.19. The maximum atomic E-state index is 9.54. The molecule has 0 spiro atoms. The molecular formula is C17H19N5O. The van der Waals surface area contributed by atoms with Gasteiger partial charge in [0, 0.05) is 38.4 Å². The van der Waals surface area contributed by atoms with Crippen molar-refractivity contribution in [2.24, 2.45) is 0 Å². The minimum absolute atomic E-state index is 0.304. The maximum absolute atomic E-state index is 9.54. The van der Waals surface area contributed by atoms with Crippen molar-refractivity contribution in [1.29, 1.82) is 5.26 Å². The topological polar surface area (TPSA) is 76.3 Å². The van der Waals surface area contributed by atoms with Gasteiger partial charge in [-0.1, -0.05) is 12.1 Å². The molecule has 0 radical (unpaired) electrons. The van der Waals surface area contributed by atoms with Crippen molar-refractivity contribution in [2.75, 3.05) is 31.1 Å². The number of phenols is 1. The Morgan fingerprint density at radius 2 is 1.96 bits per heavy atom. The Morgan fingerprint density at radius 1 is 1.17 bits per heavy atom. The molecule has 1 saturated heterocycles. The second kappa shape index (κ2) is 6.63. The van der Waals surface area contributed by atoms with E-state index in [0.29, 0.717) is 17.4 Å². The SMILES string of the molecule is Cc1cc(C#N)nc(N2CCN(Cc3cccc(O)c3)CC2)n1. The number of aromatic nitrogens is 2. The van der Waals surface area contributed by atoms with Crippen LogP contribution in [0.1, 0.15) is 17.0 Å². The van der Waals surface area contributed by atoms with E-state index < -0.39 is 0 Å². The molecule has 118 valence electrons. The number of hydrogen-bond acceptors (Lipinski definition) is 6. The van der Waals surface area contributed by atoms with Crippen LogP contribution in [0, 0.1) is 18.3 Å². The van der Waals surface area contributed by atoms with Crippen LogP contribution in [0.15, 0.2) is 30.3 Å². The van der Waals surface area contributed by atoms with Gasteiger partial charge in [0.1, 0.15) is 17.5 Å². The second-order valence-corrected chi connectivity index (χ2v) is 5.74. The Morgan fingerprint density at radius 3 is 2.65 bits per heavy atom. The van der Waals surface area contributed by atoms with Crippen LogP contribution < -0.4 is 4.90 Å². The third-order valence-corrected chi connectivity index (χ3v) is 3.93. The van der Waals surface area contributed by atoms with Gasteiger partial charge in [-0.15, -0.1) is 0 Å². The van der Waals surface area contributed by atoms with Gasteiger partial charge in [-0.25, -0.2) is 9.97 Å². The van der Waals surface area contributed by atoms with Crippen molar-refractivity contribution in [3.05, 3.63) is 47.3 Å². The lowest BCUT2D eigenvalue weighted by Gasteiger charge is -2.34. The lowest BCUT2D eigenvalue weighted by molar-refractivity contribution is 0.248. The van der Waals surface area contributed by atoms with E-state index in [1.54, 1.807) is 18.2 Å². The van der Waals surface area contributed by atoms with Gasteiger partial charge in [0.05, 0.1) is 0 Å². The fourth-order valence-corrected chi connectivity index (χ4v) is 2.77. The first kappa shape index (κ1) is 15.3. The van der Waals surface area contributed by atoms with Gasteiger partial charge in [-0.05, 0) is 30.7 Å². The third-order valence-electron chi connectivity index (χ3n) is 3.93. The molecule has 0 atom stereocenters. The zero-order valence-corrected chi connectivity index (χ0v) is 13.1. The molecule has 1 aliphatic rings. The Kier molecular flexibility index (Phi) is 4.40. The van der Waals surface area contributed by atoms with E-state index in [-0.39, 0.29) is 0 Å². The molecule has 1 N–H and O–H groups in total. The van der Waals surface area contributed by atoms with Crippen LogP contribution in [0.2, 0.25) is 0 Å². The fraction of sp³-hybridized carbons (Fsp3) is 0.353. The number of hydrogen-bond donors (Lipinski definition) is 1. The van der Waals surface area contributed by atoms with Crippen molar-refractivity contribution >= 4 is 5.95 Å². The maximum Gasteiger partial charge on any atom is 0.226 e. The predicted octanol–water partition coefficient (Wildman–Crippen LogP) is 1.68. The average Bonchev–Trinajstić information content (AvgIpc) is 2.55. The van der Waals surface area contributed by atoms with E-state index in [1.165, 1.54) is 0 Å². The summed E-state index contributed by atoms with van der Waals surface area (Å²) in [7, 11) is 0. The zero-order chi connectivity index (χ0) is 16.2. The van der Waals surface area contributed by atoms with Crippen molar-refractivity contribution < 1.29 is 5.11 Å². The van der Waals surface area contributed by atoms with E-state index in [2.05, 4.69) is 25.8 Å². The number of nitriles is 1. The summed E-state index contributed by atoms with van der Waals surface area (Å²) in [5, 5.41) is 18.6. The van der Waals surface area contributed by atoms with Gasteiger partial charge < -0.3 is 10.0 Å². The first-order valence-corrected chi connectivity index (χ1v) is 7.65. The van der Waals surface area contributed by atoms with Gasteiger partial charge in [-0.3, -0.25) is 4.90 Å². The van der Waals surface area contributed by atoms with Gasteiger partial charge in [0.2, 0.25) is 5.95 Å². The van der Waals surface area contributed by atoms with E-state index in [4.69, 9.17) is 5.26 Å². The third kappa shape index (κ3) is 3.76. The molecule has 1 aromatic carbocycles. The summed E-state index contributed by atoms with van der Waals surface area (Å²) < 4.78 is 0. The Balaban J connectivity index is 1.62. The molecule has 0 amide bonds. The Hall–Kier alpha value is -2.65. The molecule has 6 heteroatoms. The highest BCUT2D eigenvalue weighted by molar-refractivity contribution is 5.36. The summed E-state index contributed by atoms with van der Waals surface area (Å²) >= 11 is 0. The zero-order valence-electron chi connectivity index (χ0n) is 13.1. The molecule has 3 rings (SSSR count). The molecule has 0 unspecified atom stereocenters. The van der Waals surface area contributed by atoms with Crippen molar-refractivity contribution in [1.82, 2.24) is 14.9 Å². The summed E-state index contributed by atoms with van der Waals surface area (Å²) in [6.45, 7) is 6.15. The van der Waals surface area contributed by atoms with Crippen LogP contribution in [-0.4, -0.2) is 46.2 Å². The highest BCUT2D eigenvalue weighted by atomic mass is 16.3. The van der Waals surface area contributed by atoms with Gasteiger partial charge in [-0.2, -0.15) is 5.26 Å². The van der Waals surface area contributed by atoms with Crippen LogP contribution in [0.3, 0.4) is 0 Å². The normalized spacial score (nSPS) is 15.4. The van der Waals surface area contributed by atoms with Gasteiger partial charge >= 0.3 is 0 Å². The molecule has 6 nitrogen and oxygen atoms in total. The molecule has 1 aromatic heterocycles. The molecule has 1 aliphatic heterocycles. The molecule has 0 saturated carbocycles. The van der Waals surface area contributed by atoms with Crippen molar-refractivity contribution in [3.8, 4) is 11.8 Å². The molecule has 0 bridgehead atoms. The molecule has 23 heavy (non-hydrogen) atoms. The quantitative estimate of drug-likeness (QED) is 0.929. The first-order chi connectivity index (χ1) is 11.1. The average molecular weight is 309 g/mol. The molecule has 0 aliphatic carbocycles. The summed E-state index contributed by atoms with van der Waals surface area (Å²) in [4.78, 5) is 13.2. The van der Waals surface area contributed by atoms with Crippen molar-refractivity contribution in [2.45, 2.75) is 13.5 Å². The number of anilines is 1. The number of aryl methyl sites for hydroxylation is 1. The first-order valence-electron chi connectivity index (χ1n) is 7.65. The van der Waals surface area contributed by atoms with Gasteiger partial charge in [0.25, 0.3) is 0 Å². The molecule has 1 fully saturated rings. The standard InChI is InChI=1S/C17H19N5O/c1-13-9-15(11-18)20-17(19-13)22-7-5-21(6-8-22)12-14-3-2-4-16(23)10-14/h2-4,9-10,23H,5-8,12H2,1H3. The number of rotatable bonds is 3. The second-order valence-electron chi connectivity index (χ2n) is 5.74. The van der Waals surface area contributed by atoms with Crippen LogP contribution in [0.5, 0.6) is 5.75 Å². The van der Waals surface area contributed by atoms with Crippen LogP contribution in [-0.2, 0) is 6.54 Å². The Bertz CT molecular complexity index is 732. The number of nitrogens with zero attached hydrogens (tertiary/aromatic N) is 5. The lowest BCUT2D eigenvalue weighted by Crippen LogP contribution is -2.46. The summed E-state index contributed by atoms with van der Waals surface area (Å²) in [5.74, 6) is 0.942. The molecule has 2 heterocycles. The predicted molar refractivity (Wildman–Crippen MR) is 87.1 cm³/mol. The van der Waals surface area contributed by atoms with E-state index in [9.17, 15) is 5.11 Å². The summed E-state index contributed by atoms with van der Waals surface area (Å²) in [6, 6.07) is 11.2. The van der Waals surface area contributed by atoms with E-state index >= 15 is 0 Å². The number of benzene rings is 1. The monoisotopic (exact) mass is 309 g/mol. The summed E-state index contributed by atoms with van der Waals surface area (Å²) in [6.07, 6.45) is 0. The molecule has 2 aromatic rings. The van der Waals surface area contributed by atoms with Gasteiger partial charge in [0.15, 0.2) is 0 Å². The highest BCUT2D eigenvalue weighted by Crippen LogP contribution is 2.16. The number of piperazine rings is 1. The number of phenolic OH excluding ortho intramolecular Hbond substituents is 1. The van der Waals surface area contributed by atoms with Crippen LogP contribution >= 0.6 is 0 Å². The van der Waals surface area contributed by atoms with Crippen LogP contribution in [0.25, 0.3) is 0 Å². The number of aromatic hydroxyl groups is 1. The minimum Gasteiger partial charge on any atom is -0.508 e. The van der Waals surface area contributed by atoms with E-state index in [1.807, 2.05) is 19.1 Å². The van der Waals surface area contributed by atoms with Crippen molar-refractivity contribution in [3.63, 3.8) is 0 Å². The minimum atomic E-state index is 0.304. The smallest absolute Gasteiger partial charge is 0.226 e. The fourth-order valence-electron chi connectivity index (χ4n) is 2.77. The van der Waals surface area contributed by atoms with Crippen LogP contribution in [0.4, 0.5) is 5.95 Å². The summed E-state index contributed by atoms with van der Waals surface area (Å²) in [5.41, 5.74) is 2.33. The molecular weight excluding hydrogens is 290 g/mol. The largest absolute Gasteiger partial charge is 0.508 e. The van der Waals surface area contributed by atoms with E-state index in [0.717, 1.165) is 44.0 Å².